The third kappa shape index (κ3) is 2.38. The first kappa shape index (κ1) is 12.3. The summed E-state index contributed by atoms with van der Waals surface area (Å²) in [5.41, 5.74) is 3.28. The van der Waals surface area contributed by atoms with Gasteiger partial charge in [0, 0.05) is 18.6 Å². The molecule has 0 aliphatic carbocycles. The second-order valence-electron chi connectivity index (χ2n) is 4.77. The number of aromatic nitrogens is 3. The van der Waals surface area contributed by atoms with E-state index in [0.29, 0.717) is 11.5 Å². The number of hydrogen-bond donors (Lipinski definition) is 1. The lowest BCUT2D eigenvalue weighted by molar-refractivity contribution is 0.102. The number of anilines is 1. The normalized spacial score (nSPS) is 10.7. The van der Waals surface area contributed by atoms with Gasteiger partial charge < -0.3 is 9.72 Å². The van der Waals surface area contributed by atoms with Crippen LogP contribution in [0.5, 0.6) is 0 Å². The number of imidazole rings is 1. The molecule has 3 aromatic heterocycles. The Labute approximate surface area is 116 Å². The van der Waals surface area contributed by atoms with Crippen LogP contribution in [0.25, 0.3) is 5.65 Å². The van der Waals surface area contributed by atoms with E-state index in [1.54, 1.807) is 12.4 Å². The zero-order chi connectivity index (χ0) is 14.1. The standard InChI is InChI=1S/C15H14N4O/c1-10-3-5-16-13(7-10)18-15(20)12-9-19-6-4-11(2)8-14(19)17-12/h3-9H,1-2H3,(H,16,18,20). The minimum atomic E-state index is -0.260. The van der Waals surface area contributed by atoms with Crippen LogP contribution in [-0.2, 0) is 0 Å². The lowest BCUT2D eigenvalue weighted by Crippen LogP contribution is -2.13. The molecule has 3 heterocycles. The molecule has 0 spiro atoms. The Morgan fingerprint density at radius 3 is 2.80 bits per heavy atom. The molecular formula is C15H14N4O. The summed E-state index contributed by atoms with van der Waals surface area (Å²) in [6.07, 6.45) is 5.26. The van der Waals surface area contributed by atoms with Crippen LogP contribution in [0.15, 0.2) is 42.9 Å². The van der Waals surface area contributed by atoms with Gasteiger partial charge >= 0.3 is 0 Å². The molecule has 1 amide bonds. The first-order valence-electron chi connectivity index (χ1n) is 6.31. The Bertz CT molecular complexity index is 791. The highest BCUT2D eigenvalue weighted by molar-refractivity contribution is 6.02. The molecular weight excluding hydrogens is 252 g/mol. The molecule has 5 heteroatoms. The van der Waals surface area contributed by atoms with Gasteiger partial charge in [-0.15, -0.1) is 0 Å². The molecule has 1 N–H and O–H groups in total. The maximum absolute atomic E-state index is 12.2. The van der Waals surface area contributed by atoms with Crippen molar-refractivity contribution in [3.63, 3.8) is 0 Å². The van der Waals surface area contributed by atoms with E-state index in [0.717, 1.165) is 16.8 Å². The predicted molar refractivity (Wildman–Crippen MR) is 76.9 cm³/mol. The zero-order valence-corrected chi connectivity index (χ0v) is 11.3. The number of aryl methyl sites for hydroxylation is 2. The molecule has 0 unspecified atom stereocenters. The molecule has 0 radical (unpaired) electrons. The summed E-state index contributed by atoms with van der Waals surface area (Å²) in [5.74, 6) is 0.271. The summed E-state index contributed by atoms with van der Waals surface area (Å²) in [6, 6.07) is 7.60. The van der Waals surface area contributed by atoms with Crippen LogP contribution in [0.1, 0.15) is 21.6 Å². The molecule has 0 saturated heterocycles. The van der Waals surface area contributed by atoms with Gasteiger partial charge in [-0.2, -0.15) is 0 Å². The van der Waals surface area contributed by atoms with Crippen molar-refractivity contribution in [3.8, 4) is 0 Å². The van der Waals surface area contributed by atoms with Crippen LogP contribution in [0.4, 0.5) is 5.82 Å². The number of hydrogen-bond acceptors (Lipinski definition) is 3. The third-order valence-corrected chi connectivity index (χ3v) is 3.01. The van der Waals surface area contributed by atoms with Crippen LogP contribution < -0.4 is 5.32 Å². The number of amides is 1. The van der Waals surface area contributed by atoms with Crippen LogP contribution in [-0.4, -0.2) is 20.3 Å². The van der Waals surface area contributed by atoms with Gasteiger partial charge in [0.25, 0.3) is 5.91 Å². The number of nitrogens with zero attached hydrogens (tertiary/aromatic N) is 3. The van der Waals surface area contributed by atoms with Crippen molar-refractivity contribution in [3.05, 3.63) is 59.7 Å². The molecule has 0 aliphatic heterocycles. The maximum atomic E-state index is 12.2. The van der Waals surface area contributed by atoms with Crippen molar-refractivity contribution < 1.29 is 4.79 Å². The highest BCUT2D eigenvalue weighted by atomic mass is 16.2. The molecule has 0 bridgehead atoms. The Hall–Kier alpha value is -2.69. The first-order chi connectivity index (χ1) is 9.61. The van der Waals surface area contributed by atoms with Crippen LogP contribution in [0.3, 0.4) is 0 Å². The van der Waals surface area contributed by atoms with E-state index < -0.39 is 0 Å². The fourth-order valence-corrected chi connectivity index (χ4v) is 1.98. The summed E-state index contributed by atoms with van der Waals surface area (Å²) in [4.78, 5) is 20.6. The Morgan fingerprint density at radius 1 is 1.20 bits per heavy atom. The quantitative estimate of drug-likeness (QED) is 0.775. The minimum absolute atomic E-state index is 0.260. The van der Waals surface area contributed by atoms with Crippen LogP contribution in [0, 0.1) is 13.8 Å². The summed E-state index contributed by atoms with van der Waals surface area (Å²) < 4.78 is 1.82. The van der Waals surface area contributed by atoms with Gasteiger partial charge in [0.1, 0.15) is 17.2 Å². The molecule has 5 nitrogen and oxygen atoms in total. The Kier molecular flexibility index (Phi) is 2.95. The monoisotopic (exact) mass is 266 g/mol. The summed E-state index contributed by atoms with van der Waals surface area (Å²) in [5, 5.41) is 2.75. The minimum Gasteiger partial charge on any atom is -0.306 e. The third-order valence-electron chi connectivity index (χ3n) is 3.01. The second kappa shape index (κ2) is 4.77. The van der Waals surface area contributed by atoms with Crippen LogP contribution >= 0.6 is 0 Å². The van der Waals surface area contributed by atoms with Gasteiger partial charge in [0.15, 0.2) is 0 Å². The maximum Gasteiger partial charge on any atom is 0.277 e. The SMILES string of the molecule is Cc1ccnc(NC(=O)c2cn3ccc(C)cc3n2)c1. The Balaban J connectivity index is 1.88. The smallest absolute Gasteiger partial charge is 0.277 e. The average Bonchev–Trinajstić information content (AvgIpc) is 2.81. The van der Waals surface area contributed by atoms with Gasteiger partial charge in [0.05, 0.1) is 0 Å². The largest absolute Gasteiger partial charge is 0.306 e. The summed E-state index contributed by atoms with van der Waals surface area (Å²) in [6.45, 7) is 3.94. The van der Waals surface area contributed by atoms with Gasteiger partial charge in [-0.1, -0.05) is 0 Å². The van der Waals surface area contributed by atoms with E-state index in [-0.39, 0.29) is 5.91 Å². The highest BCUT2D eigenvalue weighted by Gasteiger charge is 2.11. The van der Waals surface area contributed by atoms with Crippen molar-refractivity contribution in [1.29, 1.82) is 0 Å². The molecule has 100 valence electrons. The van der Waals surface area contributed by atoms with E-state index >= 15 is 0 Å². The van der Waals surface area contributed by atoms with E-state index in [1.807, 2.05) is 48.7 Å². The van der Waals surface area contributed by atoms with Crippen molar-refractivity contribution in [2.75, 3.05) is 5.32 Å². The molecule has 0 saturated carbocycles. The molecule has 0 aromatic carbocycles. The van der Waals surface area contributed by atoms with Gasteiger partial charge in [-0.05, 0) is 49.2 Å². The molecule has 3 rings (SSSR count). The average molecular weight is 266 g/mol. The first-order valence-corrected chi connectivity index (χ1v) is 6.31. The van der Waals surface area contributed by atoms with E-state index in [2.05, 4.69) is 15.3 Å². The van der Waals surface area contributed by atoms with Crippen molar-refractivity contribution >= 4 is 17.4 Å². The number of carbonyl (C=O) groups excluding carboxylic acids is 1. The molecule has 0 aliphatic rings. The molecule has 3 aromatic rings. The lowest BCUT2D eigenvalue weighted by Gasteiger charge is -2.02. The summed E-state index contributed by atoms with van der Waals surface area (Å²) >= 11 is 0. The lowest BCUT2D eigenvalue weighted by atomic mass is 10.3. The summed E-state index contributed by atoms with van der Waals surface area (Å²) in [7, 11) is 0. The topological polar surface area (TPSA) is 59.3 Å². The molecule has 0 atom stereocenters. The van der Waals surface area contributed by atoms with Gasteiger partial charge in [-0.25, -0.2) is 9.97 Å². The zero-order valence-electron chi connectivity index (χ0n) is 11.3. The van der Waals surface area contributed by atoms with E-state index in [9.17, 15) is 4.79 Å². The highest BCUT2D eigenvalue weighted by Crippen LogP contribution is 2.10. The number of fused-ring (bicyclic) bond motifs is 1. The van der Waals surface area contributed by atoms with Gasteiger partial charge in [0.2, 0.25) is 0 Å². The number of carbonyl (C=O) groups is 1. The molecule has 0 fully saturated rings. The number of pyridine rings is 2. The van der Waals surface area contributed by atoms with E-state index in [1.165, 1.54) is 0 Å². The predicted octanol–water partition coefficient (Wildman–Crippen LogP) is 2.60. The fraction of sp³-hybridized carbons (Fsp3) is 0.133. The van der Waals surface area contributed by atoms with Crippen molar-refractivity contribution in [1.82, 2.24) is 14.4 Å². The van der Waals surface area contributed by atoms with Crippen LogP contribution in [0.2, 0.25) is 0 Å². The second-order valence-corrected chi connectivity index (χ2v) is 4.77. The van der Waals surface area contributed by atoms with Crippen molar-refractivity contribution in [2.24, 2.45) is 0 Å². The van der Waals surface area contributed by atoms with Crippen molar-refractivity contribution in [2.45, 2.75) is 13.8 Å². The number of rotatable bonds is 2. The Morgan fingerprint density at radius 2 is 2.00 bits per heavy atom. The number of nitrogens with one attached hydrogen (secondary N) is 1. The fourth-order valence-electron chi connectivity index (χ4n) is 1.98. The van der Waals surface area contributed by atoms with Gasteiger partial charge in [-0.3, -0.25) is 4.79 Å². The molecule has 20 heavy (non-hydrogen) atoms. The van der Waals surface area contributed by atoms with E-state index in [4.69, 9.17) is 0 Å².